The zero-order valence-corrected chi connectivity index (χ0v) is 10.1. The second kappa shape index (κ2) is 4.72. The van der Waals surface area contributed by atoms with E-state index in [-0.39, 0.29) is 17.1 Å². The van der Waals surface area contributed by atoms with E-state index in [9.17, 15) is 9.18 Å². The fourth-order valence-electron chi connectivity index (χ4n) is 1.08. The average Bonchev–Trinajstić information content (AvgIpc) is 2.10. The predicted molar refractivity (Wildman–Crippen MR) is 60.3 cm³/mol. The van der Waals surface area contributed by atoms with Crippen molar-refractivity contribution in [2.24, 2.45) is 0 Å². The van der Waals surface area contributed by atoms with Crippen molar-refractivity contribution in [3.05, 3.63) is 27.1 Å². The van der Waals surface area contributed by atoms with E-state index in [1.165, 1.54) is 13.0 Å². The molecule has 1 aromatic carbocycles. The normalized spacial score (nSPS) is 10.0. The Hall–Kier alpha value is -0.650. The quantitative estimate of drug-likeness (QED) is 0.634. The second-order valence-corrected chi connectivity index (χ2v) is 4.00. The number of carbonyl (C=O) groups is 1. The van der Waals surface area contributed by atoms with Gasteiger partial charge in [-0.15, -0.1) is 0 Å². The summed E-state index contributed by atoms with van der Waals surface area (Å²) >= 11 is 2.02. The molecule has 4 heteroatoms. The molecule has 0 radical (unpaired) electrons. The van der Waals surface area contributed by atoms with Crippen molar-refractivity contribution in [2.45, 2.75) is 13.8 Å². The van der Waals surface area contributed by atoms with Gasteiger partial charge in [0.1, 0.15) is 0 Å². The Morgan fingerprint density at radius 3 is 2.71 bits per heavy atom. The Bertz CT molecular complexity index is 363. The van der Waals surface area contributed by atoms with Crippen LogP contribution in [0, 0.1) is 9.39 Å². The third-order valence-electron chi connectivity index (χ3n) is 1.68. The predicted octanol–water partition coefficient (Wildman–Crippen LogP) is 3.03. The summed E-state index contributed by atoms with van der Waals surface area (Å²) in [6, 6.07) is 3.09. The number of rotatable bonds is 3. The first-order valence-corrected chi connectivity index (χ1v) is 5.27. The lowest BCUT2D eigenvalue weighted by atomic mass is 10.1. The molecule has 0 atom stereocenters. The highest BCUT2D eigenvalue weighted by atomic mass is 127. The lowest BCUT2D eigenvalue weighted by Gasteiger charge is -2.07. The number of benzene rings is 1. The van der Waals surface area contributed by atoms with Crippen molar-refractivity contribution in [2.75, 3.05) is 6.61 Å². The van der Waals surface area contributed by atoms with Crippen LogP contribution in [0.2, 0.25) is 0 Å². The maximum absolute atomic E-state index is 13.5. The Kier molecular flexibility index (Phi) is 3.86. The Morgan fingerprint density at radius 2 is 2.21 bits per heavy atom. The van der Waals surface area contributed by atoms with E-state index >= 15 is 0 Å². The largest absolute Gasteiger partial charge is 0.491 e. The fraction of sp³-hybridized carbons (Fsp3) is 0.300. The Morgan fingerprint density at radius 1 is 1.57 bits per heavy atom. The summed E-state index contributed by atoms with van der Waals surface area (Å²) in [7, 11) is 0. The van der Waals surface area contributed by atoms with E-state index < -0.39 is 5.82 Å². The van der Waals surface area contributed by atoms with Crippen LogP contribution in [0.3, 0.4) is 0 Å². The molecule has 0 bridgehead atoms. The number of ketones is 1. The van der Waals surface area contributed by atoms with E-state index in [4.69, 9.17) is 4.74 Å². The van der Waals surface area contributed by atoms with Crippen LogP contribution in [0.1, 0.15) is 24.2 Å². The first kappa shape index (κ1) is 11.4. The summed E-state index contributed by atoms with van der Waals surface area (Å²) in [6.07, 6.45) is 0. The first-order chi connectivity index (χ1) is 6.56. The molecular formula is C10H10FIO2. The molecule has 0 fully saturated rings. The zero-order chi connectivity index (χ0) is 10.7. The van der Waals surface area contributed by atoms with Crippen molar-refractivity contribution in [1.82, 2.24) is 0 Å². The standard InChI is InChI=1S/C10H10FIO2/c1-3-14-9-5-7(12)4-8(6(2)13)10(9)11/h4-5H,3H2,1-2H3. The van der Waals surface area contributed by atoms with Crippen LogP contribution in [0.15, 0.2) is 12.1 Å². The molecule has 1 aromatic rings. The van der Waals surface area contributed by atoms with Gasteiger partial charge in [0.2, 0.25) is 0 Å². The van der Waals surface area contributed by atoms with Gasteiger partial charge in [-0.3, -0.25) is 4.79 Å². The number of hydrogen-bond donors (Lipinski definition) is 0. The Balaban J connectivity index is 3.24. The fourth-order valence-corrected chi connectivity index (χ4v) is 1.68. The number of halogens is 2. The molecule has 14 heavy (non-hydrogen) atoms. The van der Waals surface area contributed by atoms with Gasteiger partial charge in [0, 0.05) is 3.57 Å². The molecule has 0 heterocycles. The third-order valence-corrected chi connectivity index (χ3v) is 2.31. The summed E-state index contributed by atoms with van der Waals surface area (Å²) in [5, 5.41) is 0. The van der Waals surface area contributed by atoms with Crippen LogP contribution in [0.4, 0.5) is 4.39 Å². The van der Waals surface area contributed by atoms with Gasteiger partial charge in [0.25, 0.3) is 0 Å². The van der Waals surface area contributed by atoms with Crippen LogP contribution < -0.4 is 4.74 Å². The highest BCUT2D eigenvalue weighted by Gasteiger charge is 2.14. The molecule has 0 saturated heterocycles. The molecule has 0 amide bonds. The van der Waals surface area contributed by atoms with Crippen molar-refractivity contribution in [1.29, 1.82) is 0 Å². The van der Waals surface area contributed by atoms with Crippen molar-refractivity contribution >= 4 is 28.4 Å². The SMILES string of the molecule is CCOc1cc(I)cc(C(C)=O)c1F. The van der Waals surface area contributed by atoms with E-state index in [2.05, 4.69) is 0 Å². The monoisotopic (exact) mass is 308 g/mol. The number of ether oxygens (including phenoxy) is 1. The highest BCUT2D eigenvalue weighted by Crippen LogP contribution is 2.24. The smallest absolute Gasteiger partial charge is 0.175 e. The van der Waals surface area contributed by atoms with Crippen LogP contribution in [0.5, 0.6) is 5.75 Å². The summed E-state index contributed by atoms with van der Waals surface area (Å²) in [5.74, 6) is -0.716. The molecule has 0 unspecified atom stereocenters. The van der Waals surface area contributed by atoms with Gasteiger partial charge in [0.15, 0.2) is 17.3 Å². The molecule has 0 aliphatic carbocycles. The van der Waals surface area contributed by atoms with Crippen LogP contribution >= 0.6 is 22.6 Å². The van der Waals surface area contributed by atoms with Crippen molar-refractivity contribution in [3.8, 4) is 5.75 Å². The summed E-state index contributed by atoms with van der Waals surface area (Å²) in [6.45, 7) is 3.49. The molecule has 0 aromatic heterocycles. The van der Waals surface area contributed by atoms with Gasteiger partial charge in [0.05, 0.1) is 12.2 Å². The molecule has 2 nitrogen and oxygen atoms in total. The molecule has 76 valence electrons. The van der Waals surface area contributed by atoms with E-state index in [0.29, 0.717) is 6.61 Å². The molecule has 0 spiro atoms. The minimum absolute atomic E-state index is 0.0837. The van der Waals surface area contributed by atoms with Crippen molar-refractivity contribution in [3.63, 3.8) is 0 Å². The maximum atomic E-state index is 13.5. The summed E-state index contributed by atoms with van der Waals surface area (Å²) in [5.41, 5.74) is 0.0837. The van der Waals surface area contributed by atoms with Crippen LogP contribution in [-0.2, 0) is 0 Å². The molecule has 0 aliphatic heterocycles. The maximum Gasteiger partial charge on any atom is 0.175 e. The summed E-state index contributed by atoms with van der Waals surface area (Å²) < 4.78 is 19.4. The van der Waals surface area contributed by atoms with Gasteiger partial charge in [-0.25, -0.2) is 4.39 Å². The van der Waals surface area contributed by atoms with Crippen LogP contribution in [-0.4, -0.2) is 12.4 Å². The molecule has 0 saturated carbocycles. The second-order valence-electron chi connectivity index (χ2n) is 2.75. The van der Waals surface area contributed by atoms with Gasteiger partial charge >= 0.3 is 0 Å². The number of carbonyl (C=O) groups excluding carboxylic acids is 1. The minimum Gasteiger partial charge on any atom is -0.491 e. The molecule has 0 aliphatic rings. The average molecular weight is 308 g/mol. The highest BCUT2D eigenvalue weighted by molar-refractivity contribution is 14.1. The molecule has 1 rings (SSSR count). The van der Waals surface area contributed by atoms with Crippen molar-refractivity contribution < 1.29 is 13.9 Å². The topological polar surface area (TPSA) is 26.3 Å². The van der Waals surface area contributed by atoms with Gasteiger partial charge in [-0.1, -0.05) is 0 Å². The number of hydrogen-bond acceptors (Lipinski definition) is 2. The van der Waals surface area contributed by atoms with Gasteiger partial charge in [-0.05, 0) is 48.6 Å². The lowest BCUT2D eigenvalue weighted by Crippen LogP contribution is -2.02. The van der Waals surface area contributed by atoms with Gasteiger partial charge in [-0.2, -0.15) is 0 Å². The first-order valence-electron chi connectivity index (χ1n) is 4.19. The van der Waals surface area contributed by atoms with Gasteiger partial charge < -0.3 is 4.74 Å². The van der Waals surface area contributed by atoms with Crippen LogP contribution in [0.25, 0.3) is 0 Å². The number of Topliss-reactive ketones (excluding diaryl/α,β-unsaturated/α-hetero) is 1. The van der Waals surface area contributed by atoms with E-state index in [0.717, 1.165) is 3.57 Å². The minimum atomic E-state index is -0.570. The third kappa shape index (κ3) is 2.43. The lowest BCUT2D eigenvalue weighted by molar-refractivity contribution is 0.101. The van der Waals surface area contributed by atoms with E-state index in [1.54, 1.807) is 13.0 Å². The summed E-state index contributed by atoms with van der Waals surface area (Å²) in [4.78, 5) is 11.1. The molecular weight excluding hydrogens is 298 g/mol. The zero-order valence-electron chi connectivity index (χ0n) is 7.93. The van der Waals surface area contributed by atoms with E-state index in [1.807, 2.05) is 22.6 Å². The Labute approximate surface area is 95.6 Å². The molecule has 0 N–H and O–H groups in total.